The number of carbonyl (C=O) groups excluding carboxylic acids is 2. The summed E-state index contributed by atoms with van der Waals surface area (Å²) < 4.78 is 6.48. The molecule has 2 heterocycles. The fourth-order valence-corrected chi connectivity index (χ4v) is 5.80. The predicted octanol–water partition coefficient (Wildman–Crippen LogP) is 6.59. The number of ketones is 1. The SMILES string of the molecule is CCOc1cccc(/C(O)=C2\C(=O)C(=O)N(c3nc4c(C)cc(C)cc4s3)C2c2ccc(Cl)cc2)c1. The number of Topliss-reactive ketones (excluding diaryl/α,β-unsaturated/α-hetero) is 1. The minimum atomic E-state index is -0.875. The fourth-order valence-electron chi connectivity index (χ4n) is 4.51. The highest BCUT2D eigenvalue weighted by atomic mass is 35.5. The molecular weight excluding hydrogens is 496 g/mol. The number of ether oxygens (including phenoxy) is 1. The van der Waals surface area contributed by atoms with Crippen LogP contribution in [0, 0.1) is 13.8 Å². The van der Waals surface area contributed by atoms with Crippen LogP contribution in [0.25, 0.3) is 16.0 Å². The van der Waals surface area contributed by atoms with Crippen LogP contribution in [0.4, 0.5) is 5.13 Å². The fraction of sp³-hybridized carbons (Fsp3) is 0.179. The van der Waals surface area contributed by atoms with Gasteiger partial charge in [-0.2, -0.15) is 0 Å². The molecule has 0 bridgehead atoms. The lowest BCUT2D eigenvalue weighted by Crippen LogP contribution is -2.29. The van der Waals surface area contributed by atoms with Crippen LogP contribution in [0.3, 0.4) is 0 Å². The molecule has 8 heteroatoms. The van der Waals surface area contributed by atoms with Crippen molar-refractivity contribution in [2.24, 2.45) is 0 Å². The number of carbonyl (C=O) groups is 2. The smallest absolute Gasteiger partial charge is 0.301 e. The number of rotatable bonds is 5. The number of aryl methyl sites for hydroxylation is 2. The third-order valence-electron chi connectivity index (χ3n) is 6.07. The Morgan fingerprint density at radius 3 is 2.58 bits per heavy atom. The van der Waals surface area contributed by atoms with E-state index in [4.69, 9.17) is 21.3 Å². The number of halogens is 1. The molecule has 1 unspecified atom stereocenters. The van der Waals surface area contributed by atoms with Crippen LogP contribution in [0.2, 0.25) is 5.02 Å². The van der Waals surface area contributed by atoms with Crippen LogP contribution >= 0.6 is 22.9 Å². The summed E-state index contributed by atoms with van der Waals surface area (Å²) in [7, 11) is 0. The van der Waals surface area contributed by atoms with Crippen molar-refractivity contribution in [3.8, 4) is 5.75 Å². The van der Waals surface area contributed by atoms with Gasteiger partial charge in [-0.1, -0.05) is 53.3 Å². The molecule has 1 aliphatic heterocycles. The third-order valence-corrected chi connectivity index (χ3v) is 7.33. The van der Waals surface area contributed by atoms with E-state index in [1.807, 2.05) is 32.9 Å². The molecule has 4 aromatic rings. The number of thiazole rings is 1. The second-order valence-electron chi connectivity index (χ2n) is 8.61. The van der Waals surface area contributed by atoms with E-state index < -0.39 is 17.7 Å². The number of fused-ring (bicyclic) bond motifs is 1. The van der Waals surface area contributed by atoms with Crippen LogP contribution in [0.1, 0.15) is 35.2 Å². The van der Waals surface area contributed by atoms with Gasteiger partial charge in [0.25, 0.3) is 5.78 Å². The average Bonchev–Trinajstić information content (AvgIpc) is 3.38. The Morgan fingerprint density at radius 2 is 1.86 bits per heavy atom. The molecular formula is C28H23ClN2O4S. The highest BCUT2D eigenvalue weighted by Gasteiger charge is 2.48. The molecule has 36 heavy (non-hydrogen) atoms. The van der Waals surface area contributed by atoms with Crippen LogP contribution in [-0.4, -0.2) is 28.4 Å². The number of aliphatic hydroxyl groups is 1. The molecule has 182 valence electrons. The van der Waals surface area contributed by atoms with Gasteiger partial charge in [0.2, 0.25) is 0 Å². The number of hydrogen-bond donors (Lipinski definition) is 1. The first-order valence-corrected chi connectivity index (χ1v) is 12.7. The lowest BCUT2D eigenvalue weighted by Gasteiger charge is -2.23. The lowest BCUT2D eigenvalue weighted by atomic mass is 9.95. The molecule has 1 amide bonds. The van der Waals surface area contributed by atoms with Crippen molar-refractivity contribution in [2.75, 3.05) is 11.5 Å². The van der Waals surface area contributed by atoms with E-state index in [-0.39, 0.29) is 11.3 Å². The van der Waals surface area contributed by atoms with Crippen LogP contribution in [0.15, 0.2) is 66.2 Å². The molecule has 1 atom stereocenters. The maximum atomic E-state index is 13.4. The van der Waals surface area contributed by atoms with Crippen molar-refractivity contribution in [1.82, 2.24) is 4.98 Å². The molecule has 0 saturated carbocycles. The monoisotopic (exact) mass is 518 g/mol. The minimum Gasteiger partial charge on any atom is -0.507 e. The molecule has 1 fully saturated rings. The molecule has 3 aromatic carbocycles. The second-order valence-corrected chi connectivity index (χ2v) is 10.1. The summed E-state index contributed by atoms with van der Waals surface area (Å²) in [6, 6.07) is 16.9. The topological polar surface area (TPSA) is 79.7 Å². The summed E-state index contributed by atoms with van der Waals surface area (Å²) in [5.41, 5.74) is 3.85. The lowest BCUT2D eigenvalue weighted by molar-refractivity contribution is -0.132. The number of amides is 1. The number of nitrogens with zero attached hydrogens (tertiary/aromatic N) is 2. The first-order valence-electron chi connectivity index (χ1n) is 11.5. The predicted molar refractivity (Wildman–Crippen MR) is 143 cm³/mol. The maximum Gasteiger partial charge on any atom is 0.301 e. The van der Waals surface area contributed by atoms with Crippen molar-refractivity contribution in [3.05, 3.63) is 93.5 Å². The van der Waals surface area contributed by atoms with Gasteiger partial charge < -0.3 is 9.84 Å². The van der Waals surface area contributed by atoms with Crippen molar-refractivity contribution in [2.45, 2.75) is 26.8 Å². The average molecular weight is 519 g/mol. The Bertz CT molecular complexity index is 1540. The first-order chi connectivity index (χ1) is 17.3. The van der Waals surface area contributed by atoms with Gasteiger partial charge in [0.15, 0.2) is 5.13 Å². The Balaban J connectivity index is 1.72. The Hall–Kier alpha value is -3.68. The molecule has 6 nitrogen and oxygen atoms in total. The summed E-state index contributed by atoms with van der Waals surface area (Å²) in [6.45, 7) is 6.28. The number of hydrogen-bond acceptors (Lipinski definition) is 6. The minimum absolute atomic E-state index is 0.0110. The number of aliphatic hydroxyl groups excluding tert-OH is 1. The summed E-state index contributed by atoms with van der Waals surface area (Å²) in [6.07, 6.45) is 0. The number of aromatic nitrogens is 1. The van der Waals surface area contributed by atoms with E-state index >= 15 is 0 Å². The van der Waals surface area contributed by atoms with Crippen LogP contribution < -0.4 is 9.64 Å². The van der Waals surface area contributed by atoms with Crippen molar-refractivity contribution < 1.29 is 19.4 Å². The molecule has 5 rings (SSSR count). The molecule has 0 spiro atoms. The maximum absolute atomic E-state index is 13.4. The molecule has 0 radical (unpaired) electrons. The van der Waals surface area contributed by atoms with E-state index in [1.54, 1.807) is 48.5 Å². The van der Waals surface area contributed by atoms with Gasteiger partial charge in [0, 0.05) is 10.6 Å². The Kier molecular flexibility index (Phi) is 6.28. The molecule has 1 saturated heterocycles. The zero-order chi connectivity index (χ0) is 25.6. The van der Waals surface area contributed by atoms with Gasteiger partial charge in [-0.05, 0) is 67.8 Å². The van der Waals surface area contributed by atoms with Gasteiger partial charge in [0.05, 0.1) is 28.4 Å². The Morgan fingerprint density at radius 1 is 1.11 bits per heavy atom. The van der Waals surface area contributed by atoms with Gasteiger partial charge in [-0.3, -0.25) is 14.5 Å². The highest BCUT2D eigenvalue weighted by molar-refractivity contribution is 7.22. The Labute approximate surface area is 217 Å². The number of benzene rings is 3. The summed E-state index contributed by atoms with van der Waals surface area (Å²) in [5.74, 6) is -1.24. The summed E-state index contributed by atoms with van der Waals surface area (Å²) in [5, 5.41) is 12.3. The van der Waals surface area contributed by atoms with Crippen molar-refractivity contribution in [3.63, 3.8) is 0 Å². The van der Waals surface area contributed by atoms with Gasteiger partial charge in [-0.25, -0.2) is 4.98 Å². The summed E-state index contributed by atoms with van der Waals surface area (Å²) in [4.78, 5) is 33.0. The normalized spacial score (nSPS) is 17.2. The van der Waals surface area contributed by atoms with E-state index in [2.05, 4.69) is 0 Å². The zero-order valence-electron chi connectivity index (χ0n) is 19.9. The summed E-state index contributed by atoms with van der Waals surface area (Å²) >= 11 is 7.46. The largest absolute Gasteiger partial charge is 0.507 e. The van der Waals surface area contributed by atoms with E-state index in [0.29, 0.717) is 33.6 Å². The van der Waals surface area contributed by atoms with Crippen LogP contribution in [0.5, 0.6) is 5.75 Å². The van der Waals surface area contributed by atoms with Gasteiger partial charge in [-0.15, -0.1) is 0 Å². The van der Waals surface area contributed by atoms with Gasteiger partial charge in [0.1, 0.15) is 11.5 Å². The molecule has 1 N–H and O–H groups in total. The highest BCUT2D eigenvalue weighted by Crippen LogP contribution is 2.45. The van der Waals surface area contributed by atoms with E-state index in [9.17, 15) is 14.7 Å². The van der Waals surface area contributed by atoms with Crippen molar-refractivity contribution in [1.29, 1.82) is 0 Å². The molecule has 0 aliphatic carbocycles. The standard InChI is InChI=1S/C28H23ClN2O4S/c1-4-35-20-7-5-6-18(14-20)25(32)22-24(17-8-10-19(29)11-9-17)31(27(34)26(22)33)28-30-23-16(3)12-15(2)13-21(23)36-28/h5-14,24,32H,4H2,1-3H3/b25-22+. The quantitative estimate of drug-likeness (QED) is 0.183. The van der Waals surface area contributed by atoms with Gasteiger partial charge >= 0.3 is 5.91 Å². The van der Waals surface area contributed by atoms with E-state index in [0.717, 1.165) is 21.3 Å². The number of anilines is 1. The molecule has 1 aromatic heterocycles. The van der Waals surface area contributed by atoms with E-state index in [1.165, 1.54) is 16.2 Å². The second kappa shape index (κ2) is 9.41. The van der Waals surface area contributed by atoms with Crippen molar-refractivity contribution >= 4 is 55.7 Å². The van der Waals surface area contributed by atoms with Crippen LogP contribution in [-0.2, 0) is 9.59 Å². The third kappa shape index (κ3) is 4.14. The molecule has 1 aliphatic rings. The zero-order valence-corrected chi connectivity index (χ0v) is 21.5. The first kappa shape index (κ1) is 24.0.